The van der Waals surface area contributed by atoms with E-state index in [4.69, 9.17) is 11.6 Å². The maximum absolute atomic E-state index is 6.27. The van der Waals surface area contributed by atoms with E-state index in [0.717, 1.165) is 27.5 Å². The van der Waals surface area contributed by atoms with Crippen molar-refractivity contribution in [2.45, 2.75) is 39.4 Å². The highest BCUT2D eigenvalue weighted by atomic mass is 35.5. The Balaban J connectivity index is 2.21. The van der Waals surface area contributed by atoms with E-state index in [-0.39, 0.29) is 0 Å². The van der Waals surface area contributed by atoms with Gasteiger partial charge in [0.1, 0.15) is 15.8 Å². The molecule has 0 bridgehead atoms. The van der Waals surface area contributed by atoms with Gasteiger partial charge in [-0.3, -0.25) is 0 Å². The minimum atomic E-state index is 0.605. The van der Waals surface area contributed by atoms with Crippen LogP contribution in [0.5, 0.6) is 0 Å². The smallest absolute Gasteiger partial charge is 0.141 e. The van der Waals surface area contributed by atoms with Crippen molar-refractivity contribution < 1.29 is 0 Å². The minimum absolute atomic E-state index is 0.605. The van der Waals surface area contributed by atoms with Crippen molar-refractivity contribution in [2.75, 3.05) is 5.75 Å². The molecule has 5 heteroatoms. The van der Waals surface area contributed by atoms with E-state index in [1.54, 1.807) is 11.3 Å². The zero-order valence-electron chi connectivity index (χ0n) is 10.9. The number of thioether (sulfide) groups is 1. The minimum Gasteiger partial charge on any atom is -0.221 e. The predicted molar refractivity (Wildman–Crippen MR) is 83.0 cm³/mol. The highest BCUT2D eigenvalue weighted by Crippen LogP contribution is 2.33. The van der Waals surface area contributed by atoms with E-state index >= 15 is 0 Å². The molecule has 0 radical (unpaired) electrons. The molecule has 0 saturated carbocycles. The molecule has 0 fully saturated rings. The van der Waals surface area contributed by atoms with E-state index < -0.39 is 0 Å². The van der Waals surface area contributed by atoms with Crippen LogP contribution in [0.4, 0.5) is 0 Å². The monoisotopic (exact) mass is 300 g/mol. The zero-order chi connectivity index (χ0) is 13.1. The van der Waals surface area contributed by atoms with Crippen molar-refractivity contribution in [1.29, 1.82) is 0 Å². The fourth-order valence-electron chi connectivity index (χ4n) is 1.72. The van der Waals surface area contributed by atoms with Gasteiger partial charge in [-0.05, 0) is 31.6 Å². The predicted octanol–water partition coefficient (Wildman–Crippen LogP) is 4.99. The number of aryl methyl sites for hydroxylation is 2. The van der Waals surface area contributed by atoms with E-state index in [1.165, 1.54) is 23.3 Å². The lowest BCUT2D eigenvalue weighted by Crippen LogP contribution is -1.94. The second kappa shape index (κ2) is 6.22. The van der Waals surface area contributed by atoms with E-state index in [2.05, 4.69) is 30.7 Å². The maximum atomic E-state index is 6.27. The molecule has 2 nitrogen and oxygen atoms in total. The number of halogens is 1. The second-order valence-electron chi connectivity index (χ2n) is 4.30. The summed E-state index contributed by atoms with van der Waals surface area (Å²) in [7, 11) is 0. The normalized spacial score (nSPS) is 11.3. The highest BCUT2D eigenvalue weighted by Gasteiger charge is 2.12. The Morgan fingerprint density at radius 1 is 1.28 bits per heavy atom. The molecule has 0 aliphatic heterocycles. The van der Waals surface area contributed by atoms with Crippen LogP contribution in [-0.2, 0) is 5.75 Å². The van der Waals surface area contributed by atoms with Crippen molar-refractivity contribution in [1.82, 2.24) is 9.97 Å². The molecule has 0 aromatic carbocycles. The summed E-state index contributed by atoms with van der Waals surface area (Å²) in [5, 5.41) is 1.63. The topological polar surface area (TPSA) is 25.8 Å². The fraction of sp³-hybridized carbons (Fsp3) is 0.538. The van der Waals surface area contributed by atoms with Crippen molar-refractivity contribution in [2.24, 2.45) is 0 Å². The van der Waals surface area contributed by atoms with Gasteiger partial charge in [0, 0.05) is 4.88 Å². The van der Waals surface area contributed by atoms with E-state index in [1.807, 2.05) is 11.8 Å². The second-order valence-corrected chi connectivity index (χ2v) is 6.97. The number of unbranched alkanes of at least 4 members (excludes halogenated alkanes) is 1. The van der Waals surface area contributed by atoms with E-state index in [0.29, 0.717) is 5.15 Å². The van der Waals surface area contributed by atoms with Crippen LogP contribution in [0.3, 0.4) is 0 Å². The summed E-state index contributed by atoms with van der Waals surface area (Å²) < 4.78 is 0. The summed E-state index contributed by atoms with van der Waals surface area (Å²) in [6.07, 6.45) is 2.48. The van der Waals surface area contributed by atoms with Gasteiger partial charge in [0.05, 0.1) is 11.1 Å². The molecule has 0 unspecified atom stereocenters. The molecule has 0 spiro atoms. The molecular weight excluding hydrogens is 284 g/mol. The van der Waals surface area contributed by atoms with Gasteiger partial charge in [-0.1, -0.05) is 24.9 Å². The van der Waals surface area contributed by atoms with E-state index in [9.17, 15) is 0 Å². The summed E-state index contributed by atoms with van der Waals surface area (Å²) in [4.78, 5) is 11.3. The van der Waals surface area contributed by atoms with Crippen LogP contribution in [0.1, 0.15) is 36.0 Å². The Bertz CT molecular complexity index is 551. The summed E-state index contributed by atoms with van der Waals surface area (Å²) in [6, 6.07) is 0. The third kappa shape index (κ3) is 2.98. The van der Waals surface area contributed by atoms with Gasteiger partial charge in [0.25, 0.3) is 0 Å². The first-order valence-electron chi connectivity index (χ1n) is 6.13. The maximum Gasteiger partial charge on any atom is 0.141 e. The molecule has 2 heterocycles. The molecule has 0 N–H and O–H groups in total. The first-order chi connectivity index (χ1) is 8.63. The van der Waals surface area contributed by atoms with Crippen LogP contribution >= 0.6 is 34.7 Å². The molecule has 18 heavy (non-hydrogen) atoms. The zero-order valence-corrected chi connectivity index (χ0v) is 13.3. The largest absolute Gasteiger partial charge is 0.221 e. The Labute approximate surface area is 121 Å². The molecule has 2 aromatic heterocycles. The quantitative estimate of drug-likeness (QED) is 0.574. The Morgan fingerprint density at radius 2 is 2.06 bits per heavy atom. The third-order valence-corrected chi connectivity index (χ3v) is 5.32. The number of rotatable bonds is 5. The van der Waals surface area contributed by atoms with Gasteiger partial charge in [-0.25, -0.2) is 9.97 Å². The molecule has 2 rings (SSSR count). The van der Waals surface area contributed by atoms with Crippen LogP contribution in [0, 0.1) is 13.8 Å². The molecular formula is C13H17ClN2S2. The SMILES string of the molecule is CCCCSCc1nc(Cl)c2c(C)c(C)sc2n1. The van der Waals surface area contributed by atoms with Gasteiger partial charge in [-0.2, -0.15) is 11.8 Å². The number of aromatic nitrogens is 2. The number of hydrogen-bond acceptors (Lipinski definition) is 4. The first kappa shape index (κ1) is 14.1. The summed E-state index contributed by atoms with van der Waals surface area (Å²) >= 11 is 9.85. The van der Waals surface area contributed by atoms with Crippen molar-refractivity contribution in [3.63, 3.8) is 0 Å². The van der Waals surface area contributed by atoms with Gasteiger partial charge in [-0.15, -0.1) is 11.3 Å². The Morgan fingerprint density at radius 3 is 2.78 bits per heavy atom. The van der Waals surface area contributed by atoms with Gasteiger partial charge >= 0.3 is 0 Å². The van der Waals surface area contributed by atoms with Crippen molar-refractivity contribution in [3.05, 3.63) is 21.4 Å². The third-order valence-electron chi connectivity index (χ3n) is 2.90. The van der Waals surface area contributed by atoms with Crippen LogP contribution in [0.2, 0.25) is 5.15 Å². The lowest BCUT2D eigenvalue weighted by Gasteiger charge is -2.02. The number of thiophene rings is 1. The Kier molecular flexibility index (Phi) is 4.87. The summed E-state index contributed by atoms with van der Waals surface area (Å²) in [6.45, 7) is 6.39. The number of hydrogen-bond donors (Lipinski definition) is 0. The standard InChI is InChI=1S/C13H17ClN2S2/c1-4-5-6-17-7-10-15-12(14)11-8(2)9(3)18-13(11)16-10/h4-7H2,1-3H3. The molecule has 98 valence electrons. The van der Waals surface area contributed by atoms with Crippen LogP contribution in [-0.4, -0.2) is 15.7 Å². The van der Waals surface area contributed by atoms with Crippen molar-refractivity contribution in [3.8, 4) is 0 Å². The lowest BCUT2D eigenvalue weighted by atomic mass is 10.2. The lowest BCUT2D eigenvalue weighted by molar-refractivity contribution is 0.895. The average Bonchev–Trinajstić information content (AvgIpc) is 2.61. The van der Waals surface area contributed by atoms with Gasteiger partial charge in [0.15, 0.2) is 0 Å². The van der Waals surface area contributed by atoms with Gasteiger partial charge < -0.3 is 0 Å². The Hall–Kier alpha value is -0.320. The van der Waals surface area contributed by atoms with Crippen LogP contribution < -0.4 is 0 Å². The molecule has 0 aliphatic carbocycles. The molecule has 0 amide bonds. The summed E-state index contributed by atoms with van der Waals surface area (Å²) in [5.74, 6) is 2.87. The van der Waals surface area contributed by atoms with Crippen LogP contribution in [0.25, 0.3) is 10.2 Å². The summed E-state index contributed by atoms with van der Waals surface area (Å²) in [5.41, 5.74) is 1.21. The molecule has 2 aromatic rings. The average molecular weight is 301 g/mol. The molecule has 0 atom stereocenters. The van der Waals surface area contributed by atoms with Gasteiger partial charge in [0.2, 0.25) is 0 Å². The first-order valence-corrected chi connectivity index (χ1v) is 8.48. The van der Waals surface area contributed by atoms with Crippen molar-refractivity contribution >= 4 is 44.9 Å². The highest BCUT2D eigenvalue weighted by molar-refractivity contribution is 7.98. The molecule has 0 aliphatic rings. The number of fused-ring (bicyclic) bond motifs is 1. The number of nitrogens with zero attached hydrogens (tertiary/aromatic N) is 2. The fourth-order valence-corrected chi connectivity index (χ4v) is 4.10. The molecule has 0 saturated heterocycles. The van der Waals surface area contributed by atoms with Crippen LogP contribution in [0.15, 0.2) is 0 Å².